The Morgan fingerprint density at radius 3 is 2.12 bits per heavy atom. The van der Waals surface area contributed by atoms with Crippen LogP contribution in [0.2, 0.25) is 0 Å². The second-order valence-electron chi connectivity index (χ2n) is 6.30. The van der Waals surface area contributed by atoms with E-state index in [1.165, 1.54) is 0 Å². The van der Waals surface area contributed by atoms with Crippen LogP contribution in [0.1, 0.15) is 17.2 Å². The van der Waals surface area contributed by atoms with E-state index in [0.29, 0.717) is 6.61 Å². The van der Waals surface area contributed by atoms with Crippen LogP contribution in [-0.2, 0) is 16.1 Å². The monoisotopic (exact) mass is 345 g/mol. The zero-order chi connectivity index (χ0) is 17.9. The van der Waals surface area contributed by atoms with Crippen LogP contribution in [0.15, 0.2) is 84.9 Å². The molecule has 1 saturated heterocycles. The zero-order valence-electron chi connectivity index (χ0n) is 14.2. The number of anilines is 1. The minimum absolute atomic E-state index is 0.0690. The molecule has 0 unspecified atom stereocenters. The molecule has 1 fully saturated rings. The summed E-state index contributed by atoms with van der Waals surface area (Å²) in [5.74, 6) is 0.107. The normalized spacial score (nSPS) is 19.2. The lowest BCUT2D eigenvalue weighted by molar-refractivity contribution is -0.143. The van der Waals surface area contributed by atoms with Crippen LogP contribution in [-0.4, -0.2) is 17.1 Å². The highest BCUT2D eigenvalue weighted by molar-refractivity contribution is 6.05. The number of rotatable bonds is 5. The minimum Gasteiger partial charge on any atom is -0.508 e. The average molecular weight is 345 g/mol. The predicted molar refractivity (Wildman–Crippen MR) is 99.8 cm³/mol. The Kier molecular flexibility index (Phi) is 4.42. The Hall–Kier alpha value is -3.11. The van der Waals surface area contributed by atoms with E-state index in [1.54, 1.807) is 29.2 Å². The first-order chi connectivity index (χ1) is 12.7. The Bertz CT molecular complexity index is 878. The van der Waals surface area contributed by atoms with Crippen LogP contribution in [0.4, 0.5) is 5.69 Å². The number of amides is 1. The minimum atomic E-state index is -0.522. The number of ether oxygens (including phenoxy) is 1. The fourth-order valence-electron chi connectivity index (χ4n) is 3.26. The molecule has 26 heavy (non-hydrogen) atoms. The highest BCUT2D eigenvalue weighted by Gasteiger charge is 2.49. The number of hydrogen-bond acceptors (Lipinski definition) is 3. The van der Waals surface area contributed by atoms with Crippen LogP contribution in [0, 0.1) is 0 Å². The highest BCUT2D eigenvalue weighted by Crippen LogP contribution is 2.41. The molecule has 4 heteroatoms. The summed E-state index contributed by atoms with van der Waals surface area (Å²) in [5.41, 5.74) is 2.81. The molecule has 1 aliphatic rings. The van der Waals surface area contributed by atoms with E-state index in [9.17, 15) is 9.90 Å². The summed E-state index contributed by atoms with van der Waals surface area (Å²) in [6.45, 7) is 0.393. The van der Waals surface area contributed by atoms with Crippen molar-refractivity contribution < 1.29 is 14.6 Å². The summed E-state index contributed by atoms with van der Waals surface area (Å²) in [6, 6.07) is 26.2. The topological polar surface area (TPSA) is 49.8 Å². The Morgan fingerprint density at radius 2 is 1.46 bits per heavy atom. The van der Waals surface area contributed by atoms with Gasteiger partial charge in [0.1, 0.15) is 5.75 Å². The van der Waals surface area contributed by atoms with Gasteiger partial charge in [-0.3, -0.25) is 9.69 Å². The van der Waals surface area contributed by atoms with E-state index >= 15 is 0 Å². The molecular weight excluding hydrogens is 326 g/mol. The van der Waals surface area contributed by atoms with Gasteiger partial charge in [-0.25, -0.2) is 0 Å². The Labute approximate surface area is 152 Å². The number of aromatic hydroxyl groups is 1. The Balaban J connectivity index is 1.59. The second kappa shape index (κ2) is 7.02. The summed E-state index contributed by atoms with van der Waals surface area (Å²) in [6.07, 6.45) is -0.522. The van der Waals surface area contributed by atoms with Crippen LogP contribution in [0.3, 0.4) is 0 Å². The molecule has 2 atom stereocenters. The van der Waals surface area contributed by atoms with E-state index in [4.69, 9.17) is 4.74 Å². The van der Waals surface area contributed by atoms with Gasteiger partial charge in [-0.1, -0.05) is 60.7 Å². The zero-order valence-corrected chi connectivity index (χ0v) is 14.2. The molecule has 0 aromatic heterocycles. The SMILES string of the molecule is O=C1[C@@H](OCc2ccccc2)[C@H](c2ccccc2)N1c1ccc(O)cc1. The molecule has 1 N–H and O–H groups in total. The molecule has 0 radical (unpaired) electrons. The molecule has 130 valence electrons. The molecule has 1 heterocycles. The van der Waals surface area contributed by atoms with Gasteiger partial charge in [-0.2, -0.15) is 0 Å². The Morgan fingerprint density at radius 1 is 0.846 bits per heavy atom. The first kappa shape index (κ1) is 16.4. The fourth-order valence-corrected chi connectivity index (χ4v) is 3.26. The first-order valence-corrected chi connectivity index (χ1v) is 8.56. The van der Waals surface area contributed by atoms with Crippen molar-refractivity contribution in [2.45, 2.75) is 18.8 Å². The number of carbonyl (C=O) groups excluding carboxylic acids is 1. The van der Waals surface area contributed by atoms with Crippen molar-refractivity contribution in [3.8, 4) is 5.75 Å². The van der Waals surface area contributed by atoms with Gasteiger partial charge >= 0.3 is 0 Å². The molecule has 3 aromatic rings. The molecule has 0 spiro atoms. The quantitative estimate of drug-likeness (QED) is 0.709. The fraction of sp³-hybridized carbons (Fsp3) is 0.136. The van der Waals surface area contributed by atoms with Crippen molar-refractivity contribution in [2.24, 2.45) is 0 Å². The molecule has 0 aliphatic carbocycles. The third-order valence-corrected chi connectivity index (χ3v) is 4.59. The van der Waals surface area contributed by atoms with Gasteiger partial charge in [0.2, 0.25) is 0 Å². The summed E-state index contributed by atoms with van der Waals surface area (Å²) in [5, 5.41) is 9.51. The standard InChI is InChI=1S/C22H19NO3/c24-19-13-11-18(12-14-19)23-20(17-9-5-2-6-10-17)21(22(23)25)26-15-16-7-3-1-4-8-16/h1-14,20-21,24H,15H2/t20-,21-/m0/s1. The summed E-state index contributed by atoms with van der Waals surface area (Å²) >= 11 is 0. The van der Waals surface area contributed by atoms with Crippen LogP contribution >= 0.6 is 0 Å². The van der Waals surface area contributed by atoms with Crippen molar-refractivity contribution in [2.75, 3.05) is 4.90 Å². The number of hydrogen-bond donors (Lipinski definition) is 1. The van der Waals surface area contributed by atoms with Crippen molar-refractivity contribution in [1.29, 1.82) is 0 Å². The molecule has 1 amide bonds. The van der Waals surface area contributed by atoms with Crippen molar-refractivity contribution >= 4 is 11.6 Å². The molecule has 3 aromatic carbocycles. The maximum Gasteiger partial charge on any atom is 0.259 e. The van der Waals surface area contributed by atoms with Gasteiger partial charge in [-0.05, 0) is 35.4 Å². The second-order valence-corrected chi connectivity index (χ2v) is 6.30. The van der Waals surface area contributed by atoms with E-state index in [0.717, 1.165) is 16.8 Å². The predicted octanol–water partition coefficient (Wildman–Crippen LogP) is 4.07. The maximum atomic E-state index is 12.8. The third kappa shape index (κ3) is 3.07. The number of phenolic OH excluding ortho intramolecular Hbond substituents is 1. The van der Waals surface area contributed by atoms with Gasteiger partial charge in [0, 0.05) is 5.69 Å². The third-order valence-electron chi connectivity index (χ3n) is 4.59. The number of β-lactam (4-membered cyclic amide) rings is 1. The van der Waals surface area contributed by atoms with E-state index in [-0.39, 0.29) is 17.7 Å². The molecule has 0 saturated carbocycles. The molecule has 0 bridgehead atoms. The van der Waals surface area contributed by atoms with Crippen molar-refractivity contribution in [1.82, 2.24) is 0 Å². The number of benzene rings is 3. The largest absolute Gasteiger partial charge is 0.508 e. The summed E-state index contributed by atoms with van der Waals surface area (Å²) in [4.78, 5) is 14.5. The number of phenols is 1. The van der Waals surface area contributed by atoms with E-state index in [2.05, 4.69) is 0 Å². The molecule has 4 nitrogen and oxygen atoms in total. The van der Waals surface area contributed by atoms with Crippen LogP contribution in [0.5, 0.6) is 5.75 Å². The highest BCUT2D eigenvalue weighted by atomic mass is 16.5. The first-order valence-electron chi connectivity index (χ1n) is 8.56. The maximum absolute atomic E-state index is 12.8. The lowest BCUT2D eigenvalue weighted by Crippen LogP contribution is -2.60. The van der Waals surface area contributed by atoms with Gasteiger partial charge < -0.3 is 9.84 Å². The average Bonchev–Trinajstić information content (AvgIpc) is 2.69. The van der Waals surface area contributed by atoms with Gasteiger partial charge in [0.05, 0.1) is 12.6 Å². The van der Waals surface area contributed by atoms with Crippen molar-refractivity contribution in [3.05, 3.63) is 96.1 Å². The van der Waals surface area contributed by atoms with Crippen LogP contribution in [0.25, 0.3) is 0 Å². The number of nitrogens with zero attached hydrogens (tertiary/aromatic N) is 1. The number of carbonyl (C=O) groups is 1. The van der Waals surface area contributed by atoms with E-state index in [1.807, 2.05) is 60.7 Å². The molecule has 1 aliphatic heterocycles. The van der Waals surface area contributed by atoms with Gasteiger partial charge in [-0.15, -0.1) is 0 Å². The van der Waals surface area contributed by atoms with Gasteiger partial charge in [0.15, 0.2) is 6.10 Å². The smallest absolute Gasteiger partial charge is 0.259 e. The molecular formula is C22H19NO3. The van der Waals surface area contributed by atoms with Crippen LogP contribution < -0.4 is 4.90 Å². The summed E-state index contributed by atoms with van der Waals surface area (Å²) in [7, 11) is 0. The van der Waals surface area contributed by atoms with E-state index < -0.39 is 6.10 Å². The molecule has 4 rings (SSSR count). The van der Waals surface area contributed by atoms with Gasteiger partial charge in [0.25, 0.3) is 5.91 Å². The summed E-state index contributed by atoms with van der Waals surface area (Å²) < 4.78 is 5.98. The lowest BCUT2D eigenvalue weighted by atomic mass is 9.89. The lowest BCUT2D eigenvalue weighted by Gasteiger charge is -2.46. The van der Waals surface area contributed by atoms with Crippen molar-refractivity contribution in [3.63, 3.8) is 0 Å².